The third-order valence-electron chi connectivity index (χ3n) is 4.87. The lowest BCUT2D eigenvalue weighted by molar-refractivity contribution is -0.137. The summed E-state index contributed by atoms with van der Waals surface area (Å²) in [6.07, 6.45) is 1.97. The molecule has 0 bridgehead atoms. The lowest BCUT2D eigenvalue weighted by Gasteiger charge is -2.25. The van der Waals surface area contributed by atoms with Gasteiger partial charge in [0.1, 0.15) is 0 Å². The predicted octanol–water partition coefficient (Wildman–Crippen LogP) is 3.68. The molecule has 0 saturated carbocycles. The molecular weight excluding hydrogens is 366 g/mol. The van der Waals surface area contributed by atoms with Crippen LogP contribution in [0.15, 0.2) is 54.6 Å². The van der Waals surface area contributed by atoms with E-state index >= 15 is 0 Å². The van der Waals surface area contributed by atoms with Crippen molar-refractivity contribution < 1.29 is 9.90 Å². The molecule has 0 aliphatic carbocycles. The molecule has 7 heteroatoms. The molecule has 29 heavy (non-hydrogen) atoms. The molecular formula is C22H27N5O2. The molecule has 0 amide bonds. The highest BCUT2D eigenvalue weighted by atomic mass is 16.4. The van der Waals surface area contributed by atoms with Crippen molar-refractivity contribution in [2.24, 2.45) is 0 Å². The van der Waals surface area contributed by atoms with Gasteiger partial charge in [0.2, 0.25) is 0 Å². The molecule has 0 spiro atoms. The van der Waals surface area contributed by atoms with E-state index in [9.17, 15) is 9.90 Å². The van der Waals surface area contributed by atoms with Gasteiger partial charge >= 0.3 is 5.97 Å². The minimum Gasteiger partial charge on any atom is -0.481 e. The molecule has 3 rings (SSSR count). The van der Waals surface area contributed by atoms with E-state index in [0.717, 1.165) is 36.1 Å². The quantitative estimate of drug-likeness (QED) is 0.546. The first-order valence-corrected chi connectivity index (χ1v) is 9.94. The normalized spacial score (nSPS) is 13.2. The summed E-state index contributed by atoms with van der Waals surface area (Å²) in [6.45, 7) is 4.84. The zero-order chi connectivity index (χ0) is 20.6. The summed E-state index contributed by atoms with van der Waals surface area (Å²) < 4.78 is 1.81. The number of carboxylic acid groups (broad SMARTS) is 1. The van der Waals surface area contributed by atoms with E-state index in [-0.39, 0.29) is 18.5 Å². The van der Waals surface area contributed by atoms with Gasteiger partial charge < -0.3 is 5.11 Å². The van der Waals surface area contributed by atoms with Crippen molar-refractivity contribution in [2.75, 3.05) is 0 Å². The van der Waals surface area contributed by atoms with Crippen molar-refractivity contribution in [3.05, 3.63) is 77.1 Å². The first kappa shape index (κ1) is 20.7. The minimum absolute atomic E-state index is 0.0384. The second-order valence-corrected chi connectivity index (χ2v) is 7.19. The highest BCUT2D eigenvalue weighted by molar-refractivity contribution is 5.68. The Hall–Kier alpha value is -3.06. The lowest BCUT2D eigenvalue weighted by Crippen LogP contribution is -2.31. The molecule has 2 atom stereocenters. The van der Waals surface area contributed by atoms with Crippen molar-refractivity contribution >= 4 is 5.97 Å². The number of hydrogen-bond acceptors (Lipinski definition) is 5. The topological polar surface area (TPSA) is 92.9 Å². The summed E-state index contributed by atoms with van der Waals surface area (Å²) >= 11 is 0. The van der Waals surface area contributed by atoms with Crippen molar-refractivity contribution in [3.63, 3.8) is 0 Å². The van der Waals surface area contributed by atoms with Crippen LogP contribution < -0.4 is 5.32 Å². The Balaban J connectivity index is 1.99. The minimum atomic E-state index is -0.860. The molecule has 152 valence electrons. The molecule has 2 N–H and O–H groups in total. The Morgan fingerprint density at radius 1 is 1.14 bits per heavy atom. The zero-order valence-electron chi connectivity index (χ0n) is 16.8. The number of aliphatic carboxylic acids is 1. The Labute approximate surface area is 170 Å². The van der Waals surface area contributed by atoms with Crippen LogP contribution in [-0.4, -0.2) is 31.3 Å². The lowest BCUT2D eigenvalue weighted by atomic mass is 9.98. The molecule has 2 aromatic carbocycles. The number of tetrazole rings is 1. The monoisotopic (exact) mass is 393 g/mol. The highest BCUT2D eigenvalue weighted by Gasteiger charge is 2.26. The van der Waals surface area contributed by atoms with Crippen molar-refractivity contribution in [3.8, 4) is 0 Å². The van der Waals surface area contributed by atoms with Gasteiger partial charge in [0.15, 0.2) is 5.82 Å². The van der Waals surface area contributed by atoms with E-state index in [4.69, 9.17) is 0 Å². The van der Waals surface area contributed by atoms with Crippen molar-refractivity contribution in [2.45, 2.75) is 51.7 Å². The van der Waals surface area contributed by atoms with Gasteiger partial charge in [-0.15, -0.1) is 5.10 Å². The zero-order valence-corrected chi connectivity index (χ0v) is 16.8. The third-order valence-corrected chi connectivity index (χ3v) is 4.87. The summed E-state index contributed by atoms with van der Waals surface area (Å²) in [7, 11) is 0. The fourth-order valence-corrected chi connectivity index (χ4v) is 3.39. The first-order chi connectivity index (χ1) is 14.1. The number of nitrogens with zero attached hydrogens (tertiary/aromatic N) is 4. The largest absolute Gasteiger partial charge is 0.481 e. The Morgan fingerprint density at radius 2 is 1.90 bits per heavy atom. The fraction of sp³-hybridized carbons (Fsp3) is 0.364. The fourth-order valence-electron chi connectivity index (χ4n) is 3.39. The van der Waals surface area contributed by atoms with Crippen LogP contribution in [0.5, 0.6) is 0 Å². The van der Waals surface area contributed by atoms with E-state index in [0.29, 0.717) is 5.82 Å². The van der Waals surface area contributed by atoms with Gasteiger partial charge in [-0.2, -0.15) is 0 Å². The van der Waals surface area contributed by atoms with E-state index in [1.165, 1.54) is 0 Å². The SMILES string of the molecule is CCCCn1nnnc1C(NC(CC(=O)O)c1cccc(C)c1)c1ccccc1. The predicted molar refractivity (Wildman–Crippen MR) is 110 cm³/mol. The second-order valence-electron chi connectivity index (χ2n) is 7.19. The number of carboxylic acids is 1. The van der Waals surface area contributed by atoms with Crippen LogP contribution in [0.3, 0.4) is 0 Å². The average Bonchev–Trinajstić information content (AvgIpc) is 3.18. The van der Waals surface area contributed by atoms with Gasteiger partial charge in [-0.3, -0.25) is 10.1 Å². The third kappa shape index (κ3) is 5.48. The number of carbonyl (C=O) groups is 1. The molecule has 0 saturated heterocycles. The molecule has 7 nitrogen and oxygen atoms in total. The second kappa shape index (κ2) is 9.93. The van der Waals surface area contributed by atoms with Crippen LogP contribution in [0.2, 0.25) is 0 Å². The van der Waals surface area contributed by atoms with Gasteiger partial charge in [0, 0.05) is 12.6 Å². The molecule has 1 heterocycles. The first-order valence-electron chi connectivity index (χ1n) is 9.94. The van der Waals surface area contributed by atoms with E-state index in [2.05, 4.69) is 27.8 Å². The van der Waals surface area contributed by atoms with Gasteiger partial charge in [-0.1, -0.05) is 73.5 Å². The molecule has 3 aromatic rings. The molecule has 0 fully saturated rings. The summed E-state index contributed by atoms with van der Waals surface area (Å²) in [5, 5.41) is 25.4. The van der Waals surface area contributed by atoms with Crippen LogP contribution in [-0.2, 0) is 11.3 Å². The van der Waals surface area contributed by atoms with Crippen LogP contribution in [0.4, 0.5) is 0 Å². The number of hydrogen-bond donors (Lipinski definition) is 2. The van der Waals surface area contributed by atoms with Gasteiger partial charge in [0.05, 0.1) is 12.5 Å². The number of aryl methyl sites for hydroxylation is 2. The molecule has 0 radical (unpaired) electrons. The summed E-state index contributed by atoms with van der Waals surface area (Å²) in [4.78, 5) is 11.6. The number of unbranched alkanes of at least 4 members (excludes halogenated alkanes) is 1. The maximum Gasteiger partial charge on any atom is 0.305 e. The smallest absolute Gasteiger partial charge is 0.305 e. The highest BCUT2D eigenvalue weighted by Crippen LogP contribution is 2.27. The van der Waals surface area contributed by atoms with Gasteiger partial charge in [-0.05, 0) is 34.9 Å². The number of benzene rings is 2. The summed E-state index contributed by atoms with van der Waals surface area (Å²) in [6, 6.07) is 17.1. The average molecular weight is 393 g/mol. The number of aromatic nitrogens is 4. The number of nitrogens with one attached hydrogen (secondary N) is 1. The van der Waals surface area contributed by atoms with E-state index < -0.39 is 5.97 Å². The van der Waals surface area contributed by atoms with Gasteiger partial charge in [0.25, 0.3) is 0 Å². The van der Waals surface area contributed by atoms with Crippen LogP contribution in [0.25, 0.3) is 0 Å². The molecule has 1 aromatic heterocycles. The Morgan fingerprint density at radius 3 is 2.59 bits per heavy atom. The van der Waals surface area contributed by atoms with Crippen molar-refractivity contribution in [1.82, 2.24) is 25.5 Å². The molecule has 2 unspecified atom stereocenters. The van der Waals surface area contributed by atoms with Crippen molar-refractivity contribution in [1.29, 1.82) is 0 Å². The van der Waals surface area contributed by atoms with Crippen LogP contribution in [0.1, 0.15) is 60.8 Å². The van der Waals surface area contributed by atoms with E-state index in [1.54, 1.807) is 0 Å². The standard InChI is InChI=1S/C22H27N5O2/c1-3-4-13-27-22(24-25-26-27)21(17-10-6-5-7-11-17)23-19(15-20(28)29)18-12-8-9-16(2)14-18/h5-12,14,19,21,23H,3-4,13,15H2,1-2H3,(H,28,29). The molecule has 0 aliphatic rings. The van der Waals surface area contributed by atoms with E-state index in [1.807, 2.05) is 66.2 Å². The summed E-state index contributed by atoms with van der Waals surface area (Å²) in [5.74, 6) is -0.172. The Kier molecular flexibility index (Phi) is 7.08. The maximum absolute atomic E-state index is 11.6. The maximum atomic E-state index is 11.6. The van der Waals surface area contributed by atoms with Gasteiger partial charge in [-0.25, -0.2) is 4.68 Å². The number of rotatable bonds is 10. The summed E-state index contributed by atoms with van der Waals surface area (Å²) in [5.41, 5.74) is 3.01. The van der Waals surface area contributed by atoms with Crippen LogP contribution >= 0.6 is 0 Å². The Bertz CT molecular complexity index is 926. The van der Waals surface area contributed by atoms with Crippen LogP contribution in [0, 0.1) is 6.92 Å². The molecule has 0 aliphatic heterocycles.